The highest BCUT2D eigenvalue weighted by atomic mass is 35.5. The molecule has 2 aliphatic heterocycles. The lowest BCUT2D eigenvalue weighted by Gasteiger charge is -2.34. The van der Waals surface area contributed by atoms with Gasteiger partial charge in [0.1, 0.15) is 6.04 Å². The van der Waals surface area contributed by atoms with Crippen LogP contribution in [0.25, 0.3) is 0 Å². The minimum Gasteiger partial charge on any atom is -0.358 e. The zero-order valence-electron chi connectivity index (χ0n) is 9.03. The number of amides is 1. The van der Waals surface area contributed by atoms with E-state index in [9.17, 15) is 4.79 Å². The van der Waals surface area contributed by atoms with Crippen LogP contribution in [0.2, 0.25) is 5.02 Å². The van der Waals surface area contributed by atoms with Crippen molar-refractivity contribution in [2.45, 2.75) is 19.4 Å². The van der Waals surface area contributed by atoms with Gasteiger partial charge in [0.05, 0.1) is 11.4 Å². The first-order valence-electron chi connectivity index (χ1n) is 5.54. The van der Waals surface area contributed by atoms with Gasteiger partial charge in [-0.05, 0) is 30.5 Å². The third-order valence-corrected chi connectivity index (χ3v) is 3.73. The Labute approximate surface area is 99.4 Å². The first-order valence-corrected chi connectivity index (χ1v) is 5.91. The maximum absolute atomic E-state index is 11.9. The zero-order chi connectivity index (χ0) is 11.3. The van der Waals surface area contributed by atoms with Crippen molar-refractivity contribution >= 4 is 28.9 Å². The number of nitrogens with zero attached hydrogens (tertiary/aromatic N) is 1. The second kappa shape index (κ2) is 3.39. The van der Waals surface area contributed by atoms with Gasteiger partial charge in [0, 0.05) is 11.6 Å². The summed E-state index contributed by atoms with van der Waals surface area (Å²) in [5.74, 6) is 0.520. The van der Waals surface area contributed by atoms with E-state index in [-0.39, 0.29) is 11.9 Å². The van der Waals surface area contributed by atoms with Crippen molar-refractivity contribution in [1.82, 2.24) is 0 Å². The SMILES string of the molecule is CC1CCN2c3cc(Cl)ccc3NC(=O)C12. The van der Waals surface area contributed by atoms with Crippen molar-refractivity contribution in [3.05, 3.63) is 23.2 Å². The van der Waals surface area contributed by atoms with Crippen molar-refractivity contribution in [2.75, 3.05) is 16.8 Å². The number of hydrogen-bond donors (Lipinski definition) is 1. The summed E-state index contributed by atoms with van der Waals surface area (Å²) in [5, 5.41) is 3.67. The van der Waals surface area contributed by atoms with Gasteiger partial charge in [-0.1, -0.05) is 18.5 Å². The number of anilines is 2. The van der Waals surface area contributed by atoms with E-state index in [1.165, 1.54) is 0 Å². The minimum absolute atomic E-state index is 0.0223. The van der Waals surface area contributed by atoms with Gasteiger partial charge in [0.25, 0.3) is 0 Å². The third-order valence-electron chi connectivity index (χ3n) is 3.50. The number of hydrogen-bond acceptors (Lipinski definition) is 2. The smallest absolute Gasteiger partial charge is 0.247 e. The van der Waals surface area contributed by atoms with Gasteiger partial charge in [0.15, 0.2) is 0 Å². The monoisotopic (exact) mass is 236 g/mol. The third kappa shape index (κ3) is 1.31. The summed E-state index contributed by atoms with van der Waals surface area (Å²) < 4.78 is 0. The Morgan fingerprint density at radius 3 is 3.12 bits per heavy atom. The van der Waals surface area contributed by atoms with Gasteiger partial charge in [-0.3, -0.25) is 4.79 Å². The molecule has 2 unspecified atom stereocenters. The number of carbonyl (C=O) groups is 1. The Morgan fingerprint density at radius 2 is 2.31 bits per heavy atom. The Morgan fingerprint density at radius 1 is 1.50 bits per heavy atom. The fourth-order valence-electron chi connectivity index (χ4n) is 2.67. The Balaban J connectivity index is 2.11. The number of fused-ring (bicyclic) bond motifs is 3. The lowest BCUT2D eigenvalue weighted by molar-refractivity contribution is -0.118. The van der Waals surface area contributed by atoms with Crippen LogP contribution in [0, 0.1) is 5.92 Å². The van der Waals surface area contributed by atoms with E-state index in [0.717, 1.165) is 24.3 Å². The van der Waals surface area contributed by atoms with E-state index in [4.69, 9.17) is 11.6 Å². The number of halogens is 1. The molecule has 1 amide bonds. The van der Waals surface area contributed by atoms with E-state index in [2.05, 4.69) is 17.1 Å². The Bertz CT molecular complexity index is 460. The van der Waals surface area contributed by atoms with Crippen LogP contribution in [0.1, 0.15) is 13.3 Å². The molecule has 3 rings (SSSR count). The predicted molar refractivity (Wildman–Crippen MR) is 65.0 cm³/mol. The molecule has 0 spiro atoms. The van der Waals surface area contributed by atoms with Crippen LogP contribution in [0.3, 0.4) is 0 Å². The molecule has 0 saturated carbocycles. The van der Waals surface area contributed by atoms with Crippen LogP contribution in [-0.2, 0) is 4.79 Å². The van der Waals surface area contributed by atoms with E-state index in [1.807, 2.05) is 12.1 Å². The highest BCUT2D eigenvalue weighted by Gasteiger charge is 2.40. The summed E-state index contributed by atoms with van der Waals surface area (Å²) in [4.78, 5) is 14.1. The van der Waals surface area contributed by atoms with Crippen LogP contribution in [0.5, 0.6) is 0 Å². The lowest BCUT2D eigenvalue weighted by Crippen LogP contribution is -2.46. The van der Waals surface area contributed by atoms with Gasteiger partial charge in [-0.2, -0.15) is 0 Å². The normalized spacial score (nSPS) is 27.4. The van der Waals surface area contributed by atoms with Crippen LogP contribution in [0.15, 0.2) is 18.2 Å². The zero-order valence-corrected chi connectivity index (χ0v) is 9.79. The molecule has 1 fully saturated rings. The van der Waals surface area contributed by atoms with Gasteiger partial charge in [-0.15, -0.1) is 0 Å². The van der Waals surface area contributed by atoms with Gasteiger partial charge >= 0.3 is 0 Å². The fraction of sp³-hybridized carbons (Fsp3) is 0.417. The summed E-state index contributed by atoms with van der Waals surface area (Å²) in [7, 11) is 0. The first kappa shape index (κ1) is 9.97. The fourth-order valence-corrected chi connectivity index (χ4v) is 2.84. The van der Waals surface area contributed by atoms with Gasteiger partial charge < -0.3 is 10.2 Å². The average Bonchev–Trinajstić information content (AvgIpc) is 2.63. The Hall–Kier alpha value is -1.22. The van der Waals surface area contributed by atoms with Crippen molar-refractivity contribution in [3.8, 4) is 0 Å². The van der Waals surface area contributed by atoms with Gasteiger partial charge in [-0.25, -0.2) is 0 Å². The van der Waals surface area contributed by atoms with Crippen LogP contribution in [0.4, 0.5) is 11.4 Å². The van der Waals surface area contributed by atoms with Crippen LogP contribution >= 0.6 is 11.6 Å². The van der Waals surface area contributed by atoms with Crippen LogP contribution in [-0.4, -0.2) is 18.5 Å². The first-order chi connectivity index (χ1) is 7.66. The molecule has 1 N–H and O–H groups in total. The summed E-state index contributed by atoms with van der Waals surface area (Å²) in [6, 6.07) is 5.59. The molecule has 16 heavy (non-hydrogen) atoms. The molecule has 4 heteroatoms. The molecule has 2 aliphatic rings. The second-order valence-electron chi connectivity index (χ2n) is 4.55. The molecule has 0 aromatic heterocycles. The number of nitrogens with one attached hydrogen (secondary N) is 1. The summed E-state index contributed by atoms with van der Waals surface area (Å²) in [5.41, 5.74) is 1.93. The average molecular weight is 237 g/mol. The van der Waals surface area contributed by atoms with E-state index >= 15 is 0 Å². The maximum Gasteiger partial charge on any atom is 0.247 e. The predicted octanol–water partition coefficient (Wildman–Crippen LogP) is 2.51. The van der Waals surface area contributed by atoms with Gasteiger partial charge in [0.2, 0.25) is 5.91 Å². The van der Waals surface area contributed by atoms with Crippen molar-refractivity contribution in [1.29, 1.82) is 0 Å². The van der Waals surface area contributed by atoms with E-state index in [0.29, 0.717) is 10.9 Å². The number of benzene rings is 1. The molecule has 1 aromatic carbocycles. The standard InChI is InChI=1S/C12H13ClN2O/c1-7-4-5-15-10-6-8(13)2-3-9(10)14-12(16)11(7)15/h2-3,6-7,11H,4-5H2,1H3,(H,14,16). The summed E-state index contributed by atoms with van der Waals surface area (Å²) in [6.07, 6.45) is 1.06. The molecule has 0 radical (unpaired) electrons. The molecule has 3 nitrogen and oxygen atoms in total. The van der Waals surface area contributed by atoms with E-state index < -0.39 is 0 Å². The topological polar surface area (TPSA) is 32.3 Å². The van der Waals surface area contributed by atoms with Crippen LogP contribution < -0.4 is 10.2 Å². The lowest BCUT2D eigenvalue weighted by atomic mass is 10.00. The summed E-state index contributed by atoms with van der Waals surface area (Å²) >= 11 is 6.00. The minimum atomic E-state index is -0.0223. The largest absolute Gasteiger partial charge is 0.358 e. The molecule has 0 aliphatic carbocycles. The quantitative estimate of drug-likeness (QED) is 0.751. The molecule has 1 aromatic rings. The van der Waals surface area contributed by atoms with Crippen molar-refractivity contribution < 1.29 is 4.79 Å². The number of rotatable bonds is 0. The molecule has 84 valence electrons. The van der Waals surface area contributed by atoms with E-state index in [1.54, 1.807) is 6.07 Å². The molecule has 2 atom stereocenters. The highest BCUT2D eigenvalue weighted by molar-refractivity contribution is 6.31. The Kier molecular flexibility index (Phi) is 2.11. The summed E-state index contributed by atoms with van der Waals surface area (Å²) in [6.45, 7) is 3.06. The second-order valence-corrected chi connectivity index (χ2v) is 4.99. The van der Waals surface area contributed by atoms with Crippen molar-refractivity contribution in [3.63, 3.8) is 0 Å². The molecular weight excluding hydrogens is 224 g/mol. The highest BCUT2D eigenvalue weighted by Crippen LogP contribution is 2.40. The molecule has 0 bridgehead atoms. The number of carbonyl (C=O) groups excluding carboxylic acids is 1. The van der Waals surface area contributed by atoms with Crippen molar-refractivity contribution in [2.24, 2.45) is 5.92 Å². The maximum atomic E-state index is 11.9. The molecular formula is C12H13ClN2O. The molecule has 2 heterocycles. The molecule has 1 saturated heterocycles.